The quantitative estimate of drug-likeness (QED) is 0.555. The monoisotopic (exact) mass is 473 g/mol. The standard InChI is InChI=1S/C19H20BrN7O3/c1-12-3-4-14(30-17-9-13(20)7-8-21-17)10-26(12)19(28)15-5-6-16(29-2)24-18(15)27-23-11-22-25-27/h5-9,11-12,14H,3-4,10H2,1-2H3/t12-,14-/m1/s1. The number of tetrazole rings is 1. The molecule has 4 heterocycles. The Morgan fingerprint density at radius 1 is 1.23 bits per heavy atom. The summed E-state index contributed by atoms with van der Waals surface area (Å²) in [5, 5.41) is 11.6. The Hall–Kier alpha value is -3.08. The van der Waals surface area contributed by atoms with E-state index >= 15 is 0 Å². The van der Waals surface area contributed by atoms with E-state index in [0.717, 1.165) is 17.3 Å². The Bertz CT molecular complexity index is 1030. The molecule has 30 heavy (non-hydrogen) atoms. The molecule has 0 aromatic carbocycles. The molecule has 0 aliphatic carbocycles. The summed E-state index contributed by atoms with van der Waals surface area (Å²) >= 11 is 3.42. The van der Waals surface area contributed by atoms with Crippen molar-refractivity contribution in [1.29, 1.82) is 0 Å². The predicted octanol–water partition coefficient (Wildman–Crippen LogP) is 2.30. The third kappa shape index (κ3) is 4.25. The van der Waals surface area contributed by atoms with Crippen molar-refractivity contribution in [2.75, 3.05) is 13.7 Å². The van der Waals surface area contributed by atoms with Crippen LogP contribution in [-0.4, -0.2) is 66.8 Å². The largest absolute Gasteiger partial charge is 0.481 e. The average molecular weight is 474 g/mol. The van der Waals surface area contributed by atoms with Gasteiger partial charge in [0.2, 0.25) is 11.8 Å². The number of likely N-dealkylation sites (tertiary alicyclic amines) is 1. The zero-order chi connectivity index (χ0) is 21.1. The second kappa shape index (κ2) is 8.74. The van der Waals surface area contributed by atoms with Crippen molar-refractivity contribution in [1.82, 2.24) is 35.1 Å². The van der Waals surface area contributed by atoms with E-state index in [1.807, 2.05) is 19.1 Å². The van der Waals surface area contributed by atoms with Gasteiger partial charge in [0.15, 0.2) is 12.1 Å². The van der Waals surface area contributed by atoms with Gasteiger partial charge >= 0.3 is 0 Å². The number of ether oxygens (including phenoxy) is 2. The van der Waals surface area contributed by atoms with Crippen molar-refractivity contribution in [2.24, 2.45) is 0 Å². The van der Waals surface area contributed by atoms with Crippen LogP contribution in [0.2, 0.25) is 0 Å². The number of rotatable bonds is 5. The number of piperidine rings is 1. The van der Waals surface area contributed by atoms with Crippen LogP contribution in [0.15, 0.2) is 41.3 Å². The molecule has 1 aliphatic heterocycles. The van der Waals surface area contributed by atoms with Gasteiger partial charge in [0, 0.05) is 28.8 Å². The predicted molar refractivity (Wildman–Crippen MR) is 110 cm³/mol. The molecular weight excluding hydrogens is 454 g/mol. The van der Waals surface area contributed by atoms with Crippen molar-refractivity contribution < 1.29 is 14.3 Å². The van der Waals surface area contributed by atoms with Crippen LogP contribution < -0.4 is 9.47 Å². The van der Waals surface area contributed by atoms with Crippen LogP contribution in [0.4, 0.5) is 0 Å². The van der Waals surface area contributed by atoms with Gasteiger partial charge in [0.25, 0.3) is 5.91 Å². The number of hydrogen-bond donors (Lipinski definition) is 0. The molecule has 0 bridgehead atoms. The molecule has 1 saturated heterocycles. The molecule has 4 rings (SSSR count). The number of methoxy groups -OCH3 is 1. The van der Waals surface area contributed by atoms with E-state index in [4.69, 9.17) is 9.47 Å². The van der Waals surface area contributed by atoms with Crippen LogP contribution in [-0.2, 0) is 0 Å². The Labute approximate surface area is 181 Å². The highest BCUT2D eigenvalue weighted by atomic mass is 79.9. The van der Waals surface area contributed by atoms with E-state index < -0.39 is 0 Å². The lowest BCUT2D eigenvalue weighted by molar-refractivity contribution is 0.0372. The number of carbonyl (C=O) groups excluding carboxylic acids is 1. The molecule has 0 N–H and O–H groups in total. The van der Waals surface area contributed by atoms with Gasteiger partial charge in [-0.25, -0.2) is 4.98 Å². The number of hydrogen-bond acceptors (Lipinski definition) is 8. The highest BCUT2D eigenvalue weighted by Gasteiger charge is 2.33. The summed E-state index contributed by atoms with van der Waals surface area (Å²) in [6.45, 7) is 2.46. The first-order chi connectivity index (χ1) is 14.5. The lowest BCUT2D eigenvalue weighted by Gasteiger charge is -2.38. The number of pyridine rings is 2. The first kappa shape index (κ1) is 20.2. The van der Waals surface area contributed by atoms with Crippen molar-refractivity contribution in [3.05, 3.63) is 46.8 Å². The first-order valence-electron chi connectivity index (χ1n) is 9.42. The lowest BCUT2D eigenvalue weighted by atomic mass is 10.00. The highest BCUT2D eigenvalue weighted by Crippen LogP contribution is 2.26. The molecule has 156 valence electrons. The van der Waals surface area contributed by atoms with Gasteiger partial charge in [-0.3, -0.25) is 4.79 Å². The van der Waals surface area contributed by atoms with Gasteiger partial charge in [-0.1, -0.05) is 15.9 Å². The molecule has 0 saturated carbocycles. The van der Waals surface area contributed by atoms with Gasteiger partial charge in [-0.2, -0.15) is 4.98 Å². The van der Waals surface area contributed by atoms with Gasteiger partial charge in [0.1, 0.15) is 6.10 Å². The molecular formula is C19H20BrN7O3. The minimum atomic E-state index is -0.180. The first-order valence-corrected chi connectivity index (χ1v) is 10.2. The fourth-order valence-electron chi connectivity index (χ4n) is 3.36. The maximum absolute atomic E-state index is 13.5. The molecule has 1 fully saturated rings. The smallest absolute Gasteiger partial charge is 0.258 e. The second-order valence-electron chi connectivity index (χ2n) is 6.89. The molecule has 3 aromatic heterocycles. The highest BCUT2D eigenvalue weighted by molar-refractivity contribution is 9.10. The Morgan fingerprint density at radius 2 is 2.10 bits per heavy atom. The van der Waals surface area contributed by atoms with E-state index in [0.29, 0.717) is 23.9 Å². The SMILES string of the molecule is COc1ccc(C(=O)N2C[C@H](Oc3cc(Br)ccn3)CC[C@H]2C)c(-n2ncnn2)n1. The molecule has 0 unspecified atom stereocenters. The lowest BCUT2D eigenvalue weighted by Crippen LogP contribution is -2.49. The summed E-state index contributed by atoms with van der Waals surface area (Å²) in [4.78, 5) is 25.0. The fourth-order valence-corrected chi connectivity index (χ4v) is 3.67. The normalized spacial score (nSPS) is 18.8. The number of halogens is 1. The van der Waals surface area contributed by atoms with Gasteiger partial charge in [0.05, 0.1) is 19.2 Å². The van der Waals surface area contributed by atoms with Crippen LogP contribution in [0.25, 0.3) is 5.82 Å². The third-order valence-corrected chi connectivity index (χ3v) is 5.40. The minimum absolute atomic E-state index is 0.0477. The van der Waals surface area contributed by atoms with Crippen LogP contribution in [0.1, 0.15) is 30.1 Å². The van der Waals surface area contributed by atoms with Crippen molar-refractivity contribution in [3.8, 4) is 17.6 Å². The number of aromatic nitrogens is 6. The van der Waals surface area contributed by atoms with Gasteiger partial charge < -0.3 is 14.4 Å². The maximum atomic E-state index is 13.5. The zero-order valence-electron chi connectivity index (χ0n) is 16.5. The third-order valence-electron chi connectivity index (χ3n) is 4.91. The summed E-state index contributed by atoms with van der Waals surface area (Å²) in [5.74, 6) is 0.962. The topological polar surface area (TPSA) is 108 Å². The summed E-state index contributed by atoms with van der Waals surface area (Å²) < 4.78 is 12.1. The maximum Gasteiger partial charge on any atom is 0.258 e. The molecule has 11 heteroatoms. The number of carbonyl (C=O) groups is 1. The number of nitrogens with zero attached hydrogens (tertiary/aromatic N) is 7. The van der Waals surface area contributed by atoms with Crippen LogP contribution in [0.3, 0.4) is 0 Å². The molecule has 2 atom stereocenters. The van der Waals surface area contributed by atoms with Gasteiger partial charge in [-0.05, 0) is 37.1 Å². The van der Waals surface area contributed by atoms with E-state index in [1.165, 1.54) is 18.2 Å². The van der Waals surface area contributed by atoms with Crippen molar-refractivity contribution >= 4 is 21.8 Å². The summed E-state index contributed by atoms with van der Waals surface area (Å²) in [7, 11) is 1.51. The molecule has 0 spiro atoms. The van der Waals surface area contributed by atoms with Crippen LogP contribution in [0.5, 0.6) is 11.8 Å². The number of amides is 1. The van der Waals surface area contributed by atoms with E-state index in [-0.39, 0.29) is 23.9 Å². The van der Waals surface area contributed by atoms with E-state index in [2.05, 4.69) is 41.3 Å². The molecule has 10 nitrogen and oxygen atoms in total. The minimum Gasteiger partial charge on any atom is -0.481 e. The summed E-state index contributed by atoms with van der Waals surface area (Å²) in [5.41, 5.74) is 0.363. The summed E-state index contributed by atoms with van der Waals surface area (Å²) in [6.07, 6.45) is 4.44. The average Bonchev–Trinajstić information content (AvgIpc) is 3.29. The molecule has 0 radical (unpaired) electrons. The zero-order valence-corrected chi connectivity index (χ0v) is 18.1. The molecule has 1 aliphatic rings. The Kier molecular flexibility index (Phi) is 5.88. The van der Waals surface area contributed by atoms with Crippen LogP contribution >= 0.6 is 15.9 Å². The molecule has 1 amide bonds. The Morgan fingerprint density at radius 3 is 2.83 bits per heavy atom. The van der Waals surface area contributed by atoms with E-state index in [9.17, 15) is 4.79 Å². The second-order valence-corrected chi connectivity index (χ2v) is 7.80. The van der Waals surface area contributed by atoms with Crippen molar-refractivity contribution in [2.45, 2.75) is 31.9 Å². The van der Waals surface area contributed by atoms with Crippen molar-refractivity contribution in [3.63, 3.8) is 0 Å². The van der Waals surface area contributed by atoms with Crippen LogP contribution in [0, 0.1) is 0 Å². The van der Waals surface area contributed by atoms with E-state index in [1.54, 1.807) is 23.2 Å². The Balaban J connectivity index is 1.59. The van der Waals surface area contributed by atoms with Gasteiger partial charge in [-0.15, -0.1) is 15.0 Å². The molecule has 3 aromatic rings. The fraction of sp³-hybridized carbons (Fsp3) is 0.368. The summed E-state index contributed by atoms with van der Waals surface area (Å²) in [6, 6.07) is 7.00.